The molecule has 2 aromatic carbocycles. The minimum atomic E-state index is -1.19. The van der Waals surface area contributed by atoms with Crippen LogP contribution in [-0.2, 0) is 11.2 Å². The molecule has 2 N–H and O–H groups in total. The number of rotatable bonds is 5. The van der Waals surface area contributed by atoms with Gasteiger partial charge in [0.2, 0.25) is 5.91 Å². The predicted molar refractivity (Wildman–Crippen MR) is 106 cm³/mol. The molecule has 1 heterocycles. The maximum atomic E-state index is 14.1. The number of hydrogen-bond acceptors (Lipinski definition) is 3. The van der Waals surface area contributed by atoms with Crippen molar-refractivity contribution in [1.82, 2.24) is 9.88 Å². The SMILES string of the molecule is CC[C@H](C)NC(=O)Cc1c(C)n(C(=O)c2ccc(F)c(F)c2)c2cc(F)c(O)cc12. The molecular weight excluding hydrogens is 397 g/mol. The second kappa shape index (κ2) is 8.22. The van der Waals surface area contributed by atoms with Gasteiger partial charge in [0.15, 0.2) is 23.2 Å². The second-order valence-electron chi connectivity index (χ2n) is 7.21. The Morgan fingerprint density at radius 3 is 2.43 bits per heavy atom. The number of nitrogens with zero attached hydrogens (tertiary/aromatic N) is 1. The van der Waals surface area contributed by atoms with E-state index in [4.69, 9.17) is 0 Å². The molecule has 3 rings (SSSR count). The van der Waals surface area contributed by atoms with E-state index in [2.05, 4.69) is 5.32 Å². The van der Waals surface area contributed by atoms with Crippen LogP contribution >= 0.6 is 0 Å². The van der Waals surface area contributed by atoms with Gasteiger partial charge in [-0.2, -0.15) is 0 Å². The maximum absolute atomic E-state index is 14.1. The van der Waals surface area contributed by atoms with Crippen molar-refractivity contribution >= 4 is 22.7 Å². The molecular formula is C22H21F3N2O3. The van der Waals surface area contributed by atoms with Gasteiger partial charge in [-0.05, 0) is 50.1 Å². The van der Waals surface area contributed by atoms with E-state index in [-0.39, 0.29) is 29.4 Å². The normalized spacial score (nSPS) is 12.2. The molecule has 1 atom stereocenters. The lowest BCUT2D eigenvalue weighted by atomic mass is 10.1. The number of nitrogens with one attached hydrogen (secondary N) is 1. The third-order valence-corrected chi connectivity index (χ3v) is 5.13. The summed E-state index contributed by atoms with van der Waals surface area (Å²) >= 11 is 0. The summed E-state index contributed by atoms with van der Waals surface area (Å²) in [6.45, 7) is 5.34. The van der Waals surface area contributed by atoms with Crippen LogP contribution in [0.3, 0.4) is 0 Å². The molecule has 0 unspecified atom stereocenters. The highest BCUT2D eigenvalue weighted by molar-refractivity contribution is 6.05. The van der Waals surface area contributed by atoms with Crippen molar-refractivity contribution in [1.29, 1.82) is 0 Å². The Bertz CT molecular complexity index is 1150. The van der Waals surface area contributed by atoms with Gasteiger partial charge in [0, 0.05) is 28.8 Å². The number of halogens is 3. The van der Waals surface area contributed by atoms with Crippen LogP contribution in [0.4, 0.5) is 13.2 Å². The zero-order valence-corrected chi connectivity index (χ0v) is 16.7. The van der Waals surface area contributed by atoms with Gasteiger partial charge in [-0.3, -0.25) is 14.2 Å². The summed E-state index contributed by atoms with van der Waals surface area (Å²) in [7, 11) is 0. The van der Waals surface area contributed by atoms with E-state index in [1.165, 1.54) is 0 Å². The molecule has 0 aliphatic carbocycles. The molecule has 0 aliphatic rings. The molecule has 30 heavy (non-hydrogen) atoms. The Kier molecular flexibility index (Phi) is 5.87. The fourth-order valence-electron chi connectivity index (χ4n) is 3.32. The van der Waals surface area contributed by atoms with Crippen LogP contribution in [0.15, 0.2) is 30.3 Å². The average Bonchev–Trinajstić information content (AvgIpc) is 2.94. The largest absolute Gasteiger partial charge is 0.505 e. The van der Waals surface area contributed by atoms with Crippen LogP contribution in [0, 0.1) is 24.4 Å². The summed E-state index contributed by atoms with van der Waals surface area (Å²) in [5.41, 5.74) is 0.739. The van der Waals surface area contributed by atoms with E-state index in [1.807, 2.05) is 13.8 Å². The highest BCUT2D eigenvalue weighted by atomic mass is 19.2. The van der Waals surface area contributed by atoms with Crippen LogP contribution in [0.2, 0.25) is 0 Å². The molecule has 0 spiro atoms. The number of phenols is 1. The molecule has 0 fully saturated rings. The van der Waals surface area contributed by atoms with E-state index >= 15 is 0 Å². The van der Waals surface area contributed by atoms with Crippen LogP contribution in [0.5, 0.6) is 5.75 Å². The predicted octanol–water partition coefficient (Wildman–Crippen LogP) is 4.22. The molecule has 0 aliphatic heterocycles. The molecule has 3 aromatic rings. The lowest BCUT2D eigenvalue weighted by Gasteiger charge is -2.12. The van der Waals surface area contributed by atoms with Crippen molar-refractivity contribution in [3.63, 3.8) is 0 Å². The van der Waals surface area contributed by atoms with Crippen molar-refractivity contribution in [3.8, 4) is 5.75 Å². The fourth-order valence-corrected chi connectivity index (χ4v) is 3.32. The number of carbonyl (C=O) groups excluding carboxylic acids is 2. The Balaban J connectivity index is 2.15. The fraction of sp³-hybridized carbons (Fsp3) is 0.273. The molecule has 1 aromatic heterocycles. The molecule has 8 heteroatoms. The summed E-state index contributed by atoms with van der Waals surface area (Å²) in [5.74, 6) is -4.87. The Morgan fingerprint density at radius 1 is 1.10 bits per heavy atom. The minimum Gasteiger partial charge on any atom is -0.505 e. The number of benzene rings is 2. The van der Waals surface area contributed by atoms with Crippen LogP contribution in [0.1, 0.15) is 41.9 Å². The van der Waals surface area contributed by atoms with Gasteiger partial charge in [0.25, 0.3) is 5.91 Å². The van der Waals surface area contributed by atoms with Gasteiger partial charge in [-0.15, -0.1) is 0 Å². The first-order valence-electron chi connectivity index (χ1n) is 9.45. The van der Waals surface area contributed by atoms with E-state index in [0.717, 1.165) is 41.3 Å². The summed E-state index contributed by atoms with van der Waals surface area (Å²) in [5, 5.41) is 13.0. The summed E-state index contributed by atoms with van der Waals surface area (Å²) in [6.07, 6.45) is 0.628. The monoisotopic (exact) mass is 418 g/mol. The number of hydrogen-bond donors (Lipinski definition) is 2. The molecule has 0 radical (unpaired) electrons. The van der Waals surface area contributed by atoms with Crippen molar-refractivity contribution in [2.75, 3.05) is 0 Å². The molecule has 158 valence electrons. The Hall–Kier alpha value is -3.29. The lowest BCUT2D eigenvalue weighted by molar-refractivity contribution is -0.121. The first-order chi connectivity index (χ1) is 14.1. The van der Waals surface area contributed by atoms with Crippen molar-refractivity contribution in [3.05, 3.63) is 64.6 Å². The Morgan fingerprint density at radius 2 is 1.80 bits per heavy atom. The second-order valence-corrected chi connectivity index (χ2v) is 7.21. The van der Waals surface area contributed by atoms with Gasteiger partial charge in [0.1, 0.15) is 0 Å². The first kappa shape index (κ1) is 21.4. The molecule has 0 bridgehead atoms. The molecule has 0 saturated heterocycles. The van der Waals surface area contributed by atoms with Gasteiger partial charge >= 0.3 is 0 Å². The molecule has 5 nitrogen and oxygen atoms in total. The van der Waals surface area contributed by atoms with Crippen LogP contribution in [0.25, 0.3) is 10.9 Å². The third kappa shape index (κ3) is 3.90. The van der Waals surface area contributed by atoms with Gasteiger partial charge in [-0.1, -0.05) is 6.92 Å². The van der Waals surface area contributed by atoms with Crippen LogP contribution < -0.4 is 5.32 Å². The number of aromatic nitrogens is 1. The standard InChI is InChI=1S/C22H21F3N2O3/c1-4-11(2)26-21(29)9-14-12(3)27(19-10-18(25)20(28)8-15(14)19)22(30)13-5-6-16(23)17(24)7-13/h5-8,10-11,28H,4,9H2,1-3H3,(H,26,29)/t11-/m0/s1. The molecule has 1 amide bonds. The van der Waals surface area contributed by atoms with Crippen LogP contribution in [-0.4, -0.2) is 27.5 Å². The quantitative estimate of drug-likeness (QED) is 0.652. The van der Waals surface area contributed by atoms with E-state index in [9.17, 15) is 27.9 Å². The van der Waals surface area contributed by atoms with Crippen molar-refractivity contribution < 1.29 is 27.9 Å². The molecule has 0 saturated carbocycles. The summed E-state index contributed by atoms with van der Waals surface area (Å²) < 4.78 is 42.1. The number of carbonyl (C=O) groups is 2. The number of aromatic hydroxyl groups is 1. The average molecular weight is 418 g/mol. The number of phenolic OH excluding ortho intramolecular Hbond substituents is 1. The van der Waals surface area contributed by atoms with Gasteiger partial charge in [-0.25, -0.2) is 13.2 Å². The Labute approximate surface area is 171 Å². The summed E-state index contributed by atoms with van der Waals surface area (Å²) in [6, 6.07) is 4.79. The smallest absolute Gasteiger partial charge is 0.262 e. The first-order valence-corrected chi connectivity index (χ1v) is 9.45. The van der Waals surface area contributed by atoms with E-state index in [1.54, 1.807) is 6.92 Å². The van der Waals surface area contributed by atoms with Crippen molar-refractivity contribution in [2.24, 2.45) is 0 Å². The zero-order chi connectivity index (χ0) is 22.2. The van der Waals surface area contributed by atoms with Gasteiger partial charge in [0.05, 0.1) is 11.9 Å². The van der Waals surface area contributed by atoms with E-state index in [0.29, 0.717) is 16.6 Å². The highest BCUT2D eigenvalue weighted by Crippen LogP contribution is 2.32. The lowest BCUT2D eigenvalue weighted by Crippen LogP contribution is -2.33. The summed E-state index contributed by atoms with van der Waals surface area (Å²) in [4.78, 5) is 25.5. The third-order valence-electron chi connectivity index (χ3n) is 5.13. The van der Waals surface area contributed by atoms with Gasteiger partial charge < -0.3 is 10.4 Å². The topological polar surface area (TPSA) is 71.3 Å². The minimum absolute atomic E-state index is 0.0548. The number of fused-ring (bicyclic) bond motifs is 1. The number of amides is 1. The van der Waals surface area contributed by atoms with Crippen molar-refractivity contribution in [2.45, 2.75) is 39.7 Å². The zero-order valence-electron chi connectivity index (χ0n) is 16.7. The maximum Gasteiger partial charge on any atom is 0.262 e. The van der Waals surface area contributed by atoms with E-state index < -0.39 is 29.1 Å². The highest BCUT2D eigenvalue weighted by Gasteiger charge is 2.24.